The monoisotopic (exact) mass is 1690 g/mol. The van der Waals surface area contributed by atoms with Crippen molar-refractivity contribution in [1.82, 2.24) is 0 Å². The number of hydrogen-bond acceptors (Lipinski definition) is 23. The Bertz CT molecular complexity index is 2930. The minimum atomic E-state index is -1.87. The summed E-state index contributed by atoms with van der Waals surface area (Å²) in [5.41, 5.74) is 3.89. The van der Waals surface area contributed by atoms with Gasteiger partial charge < -0.3 is 101 Å². The maximum Gasteiger partial charge on any atom is 0.338 e. The third-order valence-electron chi connectivity index (χ3n) is 16.7. The number of ether oxygens (including phenoxy) is 18. The van der Waals surface area contributed by atoms with E-state index in [4.69, 9.17) is 85.3 Å². The molecule has 5 fully saturated rings. The summed E-state index contributed by atoms with van der Waals surface area (Å²) >= 11 is 0. The van der Waals surface area contributed by atoms with Crippen LogP contribution in [0.1, 0.15) is 27.8 Å². The molecule has 4 saturated heterocycles. The number of hydrogen-bond donors (Lipinski definition) is 3. The Morgan fingerprint density at radius 3 is 1.34 bits per heavy atom. The zero-order valence-electron chi connectivity index (χ0n) is 51.6. The van der Waals surface area contributed by atoms with Gasteiger partial charge in [0.05, 0.1) is 44.9 Å². The molecule has 23 nitrogen and oxygen atoms in total. The van der Waals surface area contributed by atoms with Crippen LogP contribution in [0.15, 0.2) is 152 Å². The smallest absolute Gasteiger partial charge is 0.338 e. The molecule has 5 aromatic carbocycles. The molecule has 4 heterocycles. The maximum absolute atomic E-state index is 14.9. The molecular weight excluding hydrogens is 1610 g/mol. The summed E-state index contributed by atoms with van der Waals surface area (Å²) < 4.78 is 114. The summed E-state index contributed by atoms with van der Waals surface area (Å²) in [5.74, 6) is -5.53. The van der Waals surface area contributed by atoms with Crippen molar-refractivity contribution in [3.05, 3.63) is 179 Å². The van der Waals surface area contributed by atoms with Crippen LogP contribution in [0.3, 0.4) is 0 Å². The Balaban J connectivity index is 0.00000534. The van der Waals surface area contributed by atoms with Crippen LogP contribution in [0.4, 0.5) is 0 Å². The molecule has 2 radical (unpaired) electrons. The van der Waals surface area contributed by atoms with Gasteiger partial charge in [0.15, 0.2) is 43.2 Å². The van der Waals surface area contributed by atoms with E-state index in [1.807, 2.05) is 127 Å². The van der Waals surface area contributed by atoms with Crippen LogP contribution in [-0.4, -0.2) is 200 Å². The molecule has 0 amide bonds. The van der Waals surface area contributed by atoms with Gasteiger partial charge in [0.25, 0.3) is 0 Å². The second-order valence-electron chi connectivity index (χ2n) is 22.1. The second-order valence-corrected chi connectivity index (χ2v) is 22.1. The molecule has 91 heavy (non-hydrogen) atoms. The van der Waals surface area contributed by atoms with Crippen molar-refractivity contribution in [3.63, 3.8) is 0 Å². The Kier molecular flexibility index (Phi) is 29.2. The molecule has 1 saturated carbocycles. The third kappa shape index (κ3) is 17.7. The van der Waals surface area contributed by atoms with E-state index in [0.29, 0.717) is 16.7 Å². The predicted octanol–water partition coefficient (Wildman–Crippen LogP) is 4.56. The first-order valence-electron chi connectivity index (χ1n) is 29.6. The van der Waals surface area contributed by atoms with E-state index in [9.17, 15) is 24.9 Å². The van der Waals surface area contributed by atoms with E-state index < -0.39 is 147 Å². The van der Waals surface area contributed by atoms with E-state index in [2.05, 4.69) is 0 Å². The molecule has 25 heteroatoms. The number of methoxy groups -OCH3 is 6. The van der Waals surface area contributed by atoms with Crippen LogP contribution in [-0.2, 0) is 128 Å². The van der Waals surface area contributed by atoms with Gasteiger partial charge in [-0.1, -0.05) is 152 Å². The fraction of sp³-hybridized carbons (Fsp3) is 0.515. The first-order chi connectivity index (χ1) is 43.5. The minimum Gasteiger partial charge on any atom is -0.459 e. The number of esters is 2. The van der Waals surface area contributed by atoms with Crippen molar-refractivity contribution in [2.24, 2.45) is 11.8 Å². The summed E-state index contributed by atoms with van der Waals surface area (Å²) in [6.45, 7) is -0.764. The van der Waals surface area contributed by atoms with E-state index in [1.165, 1.54) is 42.7 Å². The van der Waals surface area contributed by atoms with Crippen LogP contribution in [0, 0.1) is 100.0 Å². The first kappa shape index (κ1) is 74.0. The fourth-order valence-electron chi connectivity index (χ4n) is 12.2. The average molecular weight is 1700 g/mol. The molecule has 3 N–H and O–H groups in total. The molecule has 10 rings (SSSR count). The topological polar surface area (TPSA) is 261 Å². The van der Waals surface area contributed by atoms with E-state index in [1.54, 1.807) is 24.3 Å². The van der Waals surface area contributed by atoms with Crippen LogP contribution in [0.2, 0.25) is 0 Å². The zero-order chi connectivity index (χ0) is 62.4. The largest absolute Gasteiger partial charge is 0.459 e. The number of aliphatic hydroxyl groups excluding tert-OH is 3. The number of rotatable bonds is 29. The Morgan fingerprint density at radius 1 is 0.418 bits per heavy atom. The molecule has 0 spiro atoms. The van der Waals surface area contributed by atoms with Gasteiger partial charge in [0, 0.05) is 131 Å². The van der Waals surface area contributed by atoms with Crippen LogP contribution in [0.25, 0.3) is 0 Å². The standard InChI is InChI=1S/C66H80O23.2Ac/c1-72-53-47-46(52(60(70)81-36-42-28-18-10-19-29-42)87-63(53)86-51-45(38-78-33-39-22-12-7-13-23-39)84-62(76-5)59(57(51)74-3)80-35-41-26-16-9-17-27-41)66(47,77-6)89-65-56(79-34-40-24-14-8-15-25-40)48(68)50(44(32-67)83-65)85-64-58(75-4)54(73-2)49(69)55(88-64)61(71)82-37-43-30-20-11-21-31-43;;/h7-31,44-59,62-65,67-69H,32-38H2,1-6H3;;/t44?,45?,46-,47-,48-,49-,50+,51+,52?,53?,54?,55?,56?,57?,58?,59?,62-,63+,64+,65-,66?;;/m0../s1. The number of carbonyl (C=O) groups is 2. The van der Waals surface area contributed by atoms with Gasteiger partial charge in [-0.2, -0.15) is 0 Å². The summed E-state index contributed by atoms with van der Waals surface area (Å²) in [6, 6.07) is 46.4. The zero-order valence-corrected chi connectivity index (χ0v) is 61.1. The van der Waals surface area contributed by atoms with Gasteiger partial charge in [0.2, 0.25) is 0 Å². The van der Waals surface area contributed by atoms with Crippen LogP contribution in [0.5, 0.6) is 0 Å². The molecule has 488 valence electrons. The molecule has 5 aromatic rings. The molecule has 0 aromatic heterocycles. The number of carbonyl (C=O) groups excluding carboxylic acids is 2. The van der Waals surface area contributed by atoms with Crippen molar-refractivity contribution in [2.45, 2.75) is 149 Å². The van der Waals surface area contributed by atoms with E-state index >= 15 is 0 Å². The summed E-state index contributed by atoms with van der Waals surface area (Å²) in [6.07, 6.45) is -23.7. The van der Waals surface area contributed by atoms with Gasteiger partial charge in [-0.05, 0) is 27.8 Å². The molecule has 4 aliphatic heterocycles. The van der Waals surface area contributed by atoms with Crippen molar-refractivity contribution in [3.8, 4) is 0 Å². The summed E-state index contributed by atoms with van der Waals surface area (Å²) in [5, 5.41) is 35.4. The van der Waals surface area contributed by atoms with Gasteiger partial charge in [-0.15, -0.1) is 0 Å². The van der Waals surface area contributed by atoms with Gasteiger partial charge >= 0.3 is 11.9 Å². The molecule has 0 bridgehead atoms. The number of benzene rings is 5. The predicted molar refractivity (Wildman–Crippen MR) is 310 cm³/mol. The van der Waals surface area contributed by atoms with Gasteiger partial charge in [0.1, 0.15) is 86.5 Å². The first-order valence-corrected chi connectivity index (χ1v) is 29.6. The molecule has 21 atom stereocenters. The van der Waals surface area contributed by atoms with Crippen molar-refractivity contribution in [2.75, 3.05) is 55.9 Å². The maximum atomic E-state index is 14.9. The normalized spacial score (nSPS) is 33.5. The van der Waals surface area contributed by atoms with Crippen molar-refractivity contribution in [1.29, 1.82) is 0 Å². The molecular formula is C66H80Ac2O23. The van der Waals surface area contributed by atoms with E-state index in [0.717, 1.165) is 11.1 Å². The third-order valence-corrected chi connectivity index (χ3v) is 16.7. The van der Waals surface area contributed by atoms with Crippen molar-refractivity contribution < 1.29 is 198 Å². The van der Waals surface area contributed by atoms with Crippen molar-refractivity contribution >= 4 is 11.9 Å². The Labute approximate surface area is 601 Å². The summed E-state index contributed by atoms with van der Waals surface area (Å²) in [7, 11) is 8.49. The number of aliphatic hydroxyl groups is 3. The fourth-order valence-corrected chi connectivity index (χ4v) is 12.2. The second kappa shape index (κ2) is 36.0. The SMILES string of the molecule is COC1C(OC)[C@H](O)C(C(=O)OCc2ccccc2)O[C@H]1O[C@@H]1C(CO)O[C@@H](OC2(OC)[C@@H]3C(C(=O)OCc4ccccc4)O[C@@H](O[C@@H]4C(COCc5ccccc5)O[C@H](OC)C(OCc5ccccc5)C4OC)C(OC)[C@H]32)C(OCc2ccccc2)[C@H]1O.[Ac].[Ac]. The Morgan fingerprint density at radius 2 is 0.857 bits per heavy atom. The molecule has 11 unspecified atom stereocenters. The van der Waals surface area contributed by atoms with Gasteiger partial charge in [-0.25, -0.2) is 9.59 Å². The quantitative estimate of drug-likeness (QED) is 0.0438. The molecule has 1 aliphatic carbocycles. The van der Waals surface area contributed by atoms with E-state index in [-0.39, 0.29) is 128 Å². The minimum absolute atomic E-state index is 0. The van der Waals surface area contributed by atoms with Crippen LogP contribution >= 0.6 is 0 Å². The average Bonchev–Trinajstić information content (AvgIpc) is 1.51. The van der Waals surface area contributed by atoms with Crippen LogP contribution < -0.4 is 0 Å². The Hall–Kier alpha value is -2.84. The van der Waals surface area contributed by atoms with Gasteiger partial charge in [-0.3, -0.25) is 0 Å². The molecule has 5 aliphatic rings. The summed E-state index contributed by atoms with van der Waals surface area (Å²) in [4.78, 5) is 28.6. The number of fused-ring (bicyclic) bond motifs is 1.